The van der Waals surface area contributed by atoms with Crippen LogP contribution in [0.5, 0.6) is 0 Å². The summed E-state index contributed by atoms with van der Waals surface area (Å²) >= 11 is 0. The standard InChI is InChI=1S/C10H19NO2/c1-10(2,3)12-6-7-5-11-8-4-9(8)13-7/h7-9,11H,4-6H2,1-3H3. The molecule has 0 spiro atoms. The predicted octanol–water partition coefficient (Wildman–Crippen LogP) is 0.931. The predicted molar refractivity (Wildman–Crippen MR) is 50.8 cm³/mol. The second kappa shape index (κ2) is 3.23. The Kier molecular flexibility index (Phi) is 2.34. The molecule has 13 heavy (non-hydrogen) atoms. The van der Waals surface area contributed by atoms with Crippen molar-refractivity contribution >= 4 is 0 Å². The minimum absolute atomic E-state index is 0.0518. The van der Waals surface area contributed by atoms with Crippen LogP contribution in [0.25, 0.3) is 0 Å². The van der Waals surface area contributed by atoms with Crippen LogP contribution in [-0.4, -0.2) is 37.0 Å². The molecule has 2 aliphatic rings. The van der Waals surface area contributed by atoms with Crippen LogP contribution in [0.3, 0.4) is 0 Å². The van der Waals surface area contributed by atoms with E-state index in [2.05, 4.69) is 26.1 Å². The Labute approximate surface area is 79.8 Å². The summed E-state index contributed by atoms with van der Waals surface area (Å²) in [5.74, 6) is 0. The molecule has 2 rings (SSSR count). The Bertz CT molecular complexity index is 188. The number of rotatable bonds is 2. The van der Waals surface area contributed by atoms with Crippen LogP contribution >= 0.6 is 0 Å². The average molecular weight is 185 g/mol. The molecule has 3 nitrogen and oxygen atoms in total. The van der Waals surface area contributed by atoms with Gasteiger partial charge in [0.15, 0.2) is 0 Å². The molecule has 1 aliphatic carbocycles. The maximum Gasteiger partial charge on any atom is 0.0937 e. The molecule has 0 aromatic heterocycles. The van der Waals surface area contributed by atoms with E-state index in [1.54, 1.807) is 0 Å². The Morgan fingerprint density at radius 1 is 1.46 bits per heavy atom. The summed E-state index contributed by atoms with van der Waals surface area (Å²) in [6.45, 7) is 7.87. The highest BCUT2D eigenvalue weighted by Crippen LogP contribution is 2.30. The molecule has 1 saturated carbocycles. The van der Waals surface area contributed by atoms with E-state index in [1.165, 1.54) is 6.42 Å². The lowest BCUT2D eigenvalue weighted by Crippen LogP contribution is -2.42. The van der Waals surface area contributed by atoms with Crippen LogP contribution in [0.2, 0.25) is 0 Å². The molecule has 0 bridgehead atoms. The molecule has 2 fully saturated rings. The molecule has 3 unspecified atom stereocenters. The fraction of sp³-hybridized carbons (Fsp3) is 1.00. The van der Waals surface area contributed by atoms with E-state index >= 15 is 0 Å². The van der Waals surface area contributed by atoms with Gasteiger partial charge >= 0.3 is 0 Å². The smallest absolute Gasteiger partial charge is 0.0937 e. The van der Waals surface area contributed by atoms with Gasteiger partial charge in [0.1, 0.15) is 0 Å². The zero-order valence-electron chi connectivity index (χ0n) is 8.67. The van der Waals surface area contributed by atoms with Gasteiger partial charge in [-0.15, -0.1) is 0 Å². The molecule has 3 heteroatoms. The highest BCUT2D eigenvalue weighted by Gasteiger charge is 2.43. The van der Waals surface area contributed by atoms with Crippen molar-refractivity contribution < 1.29 is 9.47 Å². The van der Waals surface area contributed by atoms with Gasteiger partial charge in [0.2, 0.25) is 0 Å². The second-order valence-corrected chi connectivity index (χ2v) is 4.97. The third-order valence-electron chi connectivity index (χ3n) is 2.41. The molecular formula is C10H19NO2. The number of nitrogens with one attached hydrogen (secondary N) is 1. The molecule has 76 valence electrons. The molecular weight excluding hydrogens is 166 g/mol. The molecule has 1 N–H and O–H groups in total. The maximum absolute atomic E-state index is 5.77. The van der Waals surface area contributed by atoms with Crippen LogP contribution in [0.15, 0.2) is 0 Å². The van der Waals surface area contributed by atoms with Crippen molar-refractivity contribution in [3.05, 3.63) is 0 Å². The van der Waals surface area contributed by atoms with Gasteiger partial charge in [-0.2, -0.15) is 0 Å². The van der Waals surface area contributed by atoms with Crippen LogP contribution < -0.4 is 5.32 Å². The SMILES string of the molecule is CC(C)(C)OCC1CNC2CC2O1. The molecule has 3 atom stereocenters. The van der Waals surface area contributed by atoms with Crippen LogP contribution in [0.1, 0.15) is 27.2 Å². The second-order valence-electron chi connectivity index (χ2n) is 4.97. The Balaban J connectivity index is 1.70. The summed E-state index contributed by atoms with van der Waals surface area (Å²) in [5.41, 5.74) is -0.0518. The summed E-state index contributed by atoms with van der Waals surface area (Å²) in [6.07, 6.45) is 1.91. The topological polar surface area (TPSA) is 30.5 Å². The van der Waals surface area contributed by atoms with E-state index < -0.39 is 0 Å². The monoisotopic (exact) mass is 185 g/mol. The number of morpholine rings is 1. The van der Waals surface area contributed by atoms with Crippen molar-refractivity contribution in [2.24, 2.45) is 0 Å². The highest BCUT2D eigenvalue weighted by atomic mass is 16.6. The zero-order chi connectivity index (χ0) is 9.47. The number of ether oxygens (including phenoxy) is 2. The van der Waals surface area contributed by atoms with E-state index in [0.717, 1.165) is 6.54 Å². The van der Waals surface area contributed by atoms with Crippen LogP contribution in [-0.2, 0) is 9.47 Å². The first-order chi connectivity index (χ1) is 6.04. The van der Waals surface area contributed by atoms with E-state index in [-0.39, 0.29) is 11.7 Å². The van der Waals surface area contributed by atoms with E-state index in [0.29, 0.717) is 18.8 Å². The quantitative estimate of drug-likeness (QED) is 0.694. The third kappa shape index (κ3) is 2.66. The molecule has 1 heterocycles. The summed E-state index contributed by atoms with van der Waals surface area (Å²) in [4.78, 5) is 0. The van der Waals surface area contributed by atoms with E-state index in [1.807, 2.05) is 0 Å². The van der Waals surface area contributed by atoms with Crippen molar-refractivity contribution in [1.82, 2.24) is 5.32 Å². The lowest BCUT2D eigenvalue weighted by molar-refractivity contribution is -0.0856. The first-order valence-electron chi connectivity index (χ1n) is 5.07. The summed E-state index contributed by atoms with van der Waals surface area (Å²) in [6, 6.07) is 0.644. The van der Waals surface area contributed by atoms with Crippen molar-refractivity contribution in [2.75, 3.05) is 13.2 Å². The van der Waals surface area contributed by atoms with Gasteiger partial charge in [0.25, 0.3) is 0 Å². The van der Waals surface area contributed by atoms with Gasteiger partial charge in [0.05, 0.1) is 24.4 Å². The molecule has 0 radical (unpaired) electrons. The first kappa shape index (κ1) is 9.44. The number of hydrogen-bond acceptors (Lipinski definition) is 3. The van der Waals surface area contributed by atoms with Gasteiger partial charge in [-0.3, -0.25) is 0 Å². The van der Waals surface area contributed by atoms with Crippen molar-refractivity contribution in [3.63, 3.8) is 0 Å². The first-order valence-corrected chi connectivity index (χ1v) is 5.07. The lowest BCUT2D eigenvalue weighted by atomic mass is 10.2. The van der Waals surface area contributed by atoms with E-state index in [9.17, 15) is 0 Å². The van der Waals surface area contributed by atoms with Crippen molar-refractivity contribution in [1.29, 1.82) is 0 Å². The Morgan fingerprint density at radius 3 is 2.85 bits per heavy atom. The molecule has 1 saturated heterocycles. The normalized spacial score (nSPS) is 38.5. The van der Waals surface area contributed by atoms with Crippen molar-refractivity contribution in [2.45, 2.75) is 51.0 Å². The summed E-state index contributed by atoms with van der Waals surface area (Å²) in [7, 11) is 0. The van der Waals surface area contributed by atoms with Gasteiger partial charge in [-0.1, -0.05) is 0 Å². The average Bonchev–Trinajstić information content (AvgIpc) is 2.76. The van der Waals surface area contributed by atoms with Gasteiger partial charge < -0.3 is 14.8 Å². The molecule has 1 aliphatic heterocycles. The van der Waals surface area contributed by atoms with Crippen molar-refractivity contribution in [3.8, 4) is 0 Å². The molecule has 0 amide bonds. The van der Waals surface area contributed by atoms with Gasteiger partial charge in [-0.05, 0) is 27.2 Å². The van der Waals surface area contributed by atoms with Crippen LogP contribution in [0, 0.1) is 0 Å². The maximum atomic E-state index is 5.77. The third-order valence-corrected chi connectivity index (χ3v) is 2.41. The largest absolute Gasteiger partial charge is 0.373 e. The fourth-order valence-electron chi connectivity index (χ4n) is 1.56. The zero-order valence-corrected chi connectivity index (χ0v) is 8.67. The number of fused-ring (bicyclic) bond motifs is 1. The van der Waals surface area contributed by atoms with Crippen LogP contribution in [0.4, 0.5) is 0 Å². The summed E-state index contributed by atoms with van der Waals surface area (Å²) in [5, 5.41) is 3.44. The highest BCUT2D eigenvalue weighted by molar-refractivity contribution is 4.99. The molecule has 0 aromatic rings. The molecule has 0 aromatic carbocycles. The van der Waals surface area contributed by atoms with E-state index in [4.69, 9.17) is 9.47 Å². The number of hydrogen-bond donors (Lipinski definition) is 1. The van der Waals surface area contributed by atoms with Gasteiger partial charge in [-0.25, -0.2) is 0 Å². The minimum Gasteiger partial charge on any atom is -0.373 e. The fourth-order valence-corrected chi connectivity index (χ4v) is 1.56. The summed E-state index contributed by atoms with van der Waals surface area (Å²) < 4.78 is 11.4. The Morgan fingerprint density at radius 2 is 2.23 bits per heavy atom. The van der Waals surface area contributed by atoms with Gasteiger partial charge in [0, 0.05) is 12.6 Å². The Hall–Kier alpha value is -0.120. The lowest BCUT2D eigenvalue weighted by Gasteiger charge is -2.27. The minimum atomic E-state index is -0.0518.